The van der Waals surface area contributed by atoms with Crippen LogP contribution in [0.25, 0.3) is 0 Å². The van der Waals surface area contributed by atoms with Gasteiger partial charge >= 0.3 is 0 Å². The lowest BCUT2D eigenvalue weighted by Gasteiger charge is -2.32. The first kappa shape index (κ1) is 13.1. The summed E-state index contributed by atoms with van der Waals surface area (Å²) in [5.74, 6) is 0.838. The fourth-order valence-corrected chi connectivity index (χ4v) is 3.15. The maximum atomic E-state index is 10.4. The standard InChI is InChI=1S/C17H25NO/c19-17(10-2-1-3-11-17)13-18-12-14-4-6-15(7-5-14)16-8-9-16/h4-7,16,18-19H,1-3,8-13H2. The van der Waals surface area contributed by atoms with E-state index in [9.17, 15) is 5.11 Å². The molecule has 0 unspecified atom stereocenters. The molecule has 0 aromatic heterocycles. The van der Waals surface area contributed by atoms with Crippen molar-refractivity contribution in [3.05, 3.63) is 35.4 Å². The van der Waals surface area contributed by atoms with Gasteiger partial charge in [-0.2, -0.15) is 0 Å². The normalized spacial score (nSPS) is 22.4. The lowest BCUT2D eigenvalue weighted by atomic mass is 9.85. The minimum atomic E-state index is -0.452. The highest BCUT2D eigenvalue weighted by atomic mass is 16.3. The second kappa shape index (κ2) is 5.64. The van der Waals surface area contributed by atoms with Crippen molar-refractivity contribution in [2.24, 2.45) is 0 Å². The van der Waals surface area contributed by atoms with Crippen molar-refractivity contribution in [3.8, 4) is 0 Å². The molecule has 0 spiro atoms. The van der Waals surface area contributed by atoms with E-state index in [4.69, 9.17) is 0 Å². The van der Waals surface area contributed by atoms with E-state index >= 15 is 0 Å². The highest BCUT2D eigenvalue weighted by molar-refractivity contribution is 5.27. The zero-order valence-electron chi connectivity index (χ0n) is 11.7. The summed E-state index contributed by atoms with van der Waals surface area (Å²) in [5, 5.41) is 13.8. The summed E-state index contributed by atoms with van der Waals surface area (Å²) in [6, 6.07) is 8.99. The molecule has 2 N–H and O–H groups in total. The molecule has 0 saturated heterocycles. The molecule has 2 saturated carbocycles. The number of aliphatic hydroxyl groups is 1. The van der Waals surface area contributed by atoms with Gasteiger partial charge < -0.3 is 10.4 Å². The highest BCUT2D eigenvalue weighted by Crippen LogP contribution is 2.39. The first-order valence-electron chi connectivity index (χ1n) is 7.77. The number of hydrogen-bond donors (Lipinski definition) is 2. The number of hydrogen-bond acceptors (Lipinski definition) is 2. The average molecular weight is 259 g/mol. The van der Waals surface area contributed by atoms with Crippen LogP contribution in [-0.4, -0.2) is 17.3 Å². The van der Waals surface area contributed by atoms with Crippen LogP contribution >= 0.6 is 0 Å². The van der Waals surface area contributed by atoms with Gasteiger partial charge in [0.1, 0.15) is 0 Å². The Labute approximate surface area is 116 Å². The van der Waals surface area contributed by atoms with Crippen molar-refractivity contribution in [2.45, 2.75) is 63.0 Å². The SMILES string of the molecule is OC1(CNCc2ccc(C3CC3)cc2)CCCCC1. The summed E-state index contributed by atoms with van der Waals surface area (Å²) in [5.41, 5.74) is 2.37. The van der Waals surface area contributed by atoms with Gasteiger partial charge in [0.25, 0.3) is 0 Å². The van der Waals surface area contributed by atoms with Gasteiger partial charge in [-0.1, -0.05) is 43.5 Å². The van der Waals surface area contributed by atoms with E-state index in [1.165, 1.54) is 43.2 Å². The quantitative estimate of drug-likeness (QED) is 0.850. The summed E-state index contributed by atoms with van der Waals surface area (Å²) in [7, 11) is 0. The maximum absolute atomic E-state index is 10.4. The second-order valence-corrected chi connectivity index (χ2v) is 6.40. The molecule has 2 heteroatoms. The van der Waals surface area contributed by atoms with Crippen LogP contribution in [0.4, 0.5) is 0 Å². The molecule has 104 valence electrons. The van der Waals surface area contributed by atoms with Crippen molar-refractivity contribution in [1.82, 2.24) is 5.32 Å². The Morgan fingerprint density at radius 3 is 2.37 bits per heavy atom. The molecule has 2 aliphatic rings. The molecule has 19 heavy (non-hydrogen) atoms. The van der Waals surface area contributed by atoms with Gasteiger partial charge in [0, 0.05) is 13.1 Å². The third-order valence-electron chi connectivity index (χ3n) is 4.60. The smallest absolute Gasteiger partial charge is 0.0771 e. The molecule has 0 heterocycles. The van der Waals surface area contributed by atoms with Crippen LogP contribution in [-0.2, 0) is 6.54 Å². The fourth-order valence-electron chi connectivity index (χ4n) is 3.15. The first-order chi connectivity index (χ1) is 9.25. The number of nitrogens with one attached hydrogen (secondary N) is 1. The zero-order chi connectivity index (χ0) is 13.1. The molecule has 2 nitrogen and oxygen atoms in total. The molecular formula is C17H25NO. The van der Waals surface area contributed by atoms with Crippen molar-refractivity contribution in [1.29, 1.82) is 0 Å². The topological polar surface area (TPSA) is 32.3 Å². The molecule has 0 radical (unpaired) electrons. The second-order valence-electron chi connectivity index (χ2n) is 6.40. The molecule has 0 aliphatic heterocycles. The Kier molecular flexibility index (Phi) is 3.90. The lowest BCUT2D eigenvalue weighted by molar-refractivity contribution is 0.00468. The summed E-state index contributed by atoms with van der Waals surface area (Å²) in [6.07, 6.45) is 8.28. The van der Waals surface area contributed by atoms with Gasteiger partial charge in [0.05, 0.1) is 5.60 Å². The van der Waals surface area contributed by atoms with Crippen molar-refractivity contribution < 1.29 is 5.11 Å². The largest absolute Gasteiger partial charge is 0.389 e. The van der Waals surface area contributed by atoms with Gasteiger partial charge in [-0.25, -0.2) is 0 Å². The average Bonchev–Trinajstić information content (AvgIpc) is 3.25. The van der Waals surface area contributed by atoms with Crippen LogP contribution < -0.4 is 5.32 Å². The third-order valence-corrected chi connectivity index (χ3v) is 4.60. The Hall–Kier alpha value is -0.860. The lowest BCUT2D eigenvalue weighted by Crippen LogP contribution is -2.41. The summed E-state index contributed by atoms with van der Waals surface area (Å²) in [6.45, 7) is 1.60. The van der Waals surface area contributed by atoms with Gasteiger partial charge in [0.15, 0.2) is 0 Å². The van der Waals surface area contributed by atoms with Crippen molar-refractivity contribution in [2.75, 3.05) is 6.54 Å². The summed E-state index contributed by atoms with van der Waals surface area (Å²) < 4.78 is 0. The first-order valence-corrected chi connectivity index (χ1v) is 7.77. The number of rotatable bonds is 5. The van der Waals surface area contributed by atoms with Gasteiger partial charge in [0.2, 0.25) is 0 Å². The fraction of sp³-hybridized carbons (Fsp3) is 0.647. The van der Waals surface area contributed by atoms with Gasteiger partial charge in [-0.15, -0.1) is 0 Å². The monoisotopic (exact) mass is 259 g/mol. The van der Waals surface area contributed by atoms with E-state index in [-0.39, 0.29) is 0 Å². The molecule has 2 aliphatic carbocycles. The highest BCUT2D eigenvalue weighted by Gasteiger charge is 2.28. The molecule has 3 rings (SSSR count). The summed E-state index contributed by atoms with van der Waals surface area (Å²) >= 11 is 0. The molecule has 0 atom stereocenters. The van der Waals surface area contributed by atoms with E-state index in [2.05, 4.69) is 29.6 Å². The van der Waals surface area contributed by atoms with Crippen LogP contribution in [0.1, 0.15) is 62.0 Å². The Morgan fingerprint density at radius 1 is 1.05 bits per heavy atom. The van der Waals surface area contributed by atoms with Gasteiger partial charge in [-0.3, -0.25) is 0 Å². The summed E-state index contributed by atoms with van der Waals surface area (Å²) in [4.78, 5) is 0. The van der Waals surface area contributed by atoms with Crippen molar-refractivity contribution >= 4 is 0 Å². The van der Waals surface area contributed by atoms with E-state index in [1.54, 1.807) is 0 Å². The van der Waals surface area contributed by atoms with Crippen LogP contribution in [0.5, 0.6) is 0 Å². The third kappa shape index (κ3) is 3.58. The molecule has 0 bridgehead atoms. The predicted octanol–water partition coefficient (Wildman–Crippen LogP) is 3.35. The van der Waals surface area contributed by atoms with E-state index in [0.29, 0.717) is 0 Å². The predicted molar refractivity (Wildman–Crippen MR) is 78.2 cm³/mol. The Bertz CT molecular complexity index is 402. The molecule has 2 fully saturated rings. The molecule has 1 aromatic carbocycles. The molecule has 1 aromatic rings. The van der Waals surface area contributed by atoms with Crippen molar-refractivity contribution in [3.63, 3.8) is 0 Å². The van der Waals surface area contributed by atoms with Crippen LogP contribution in [0, 0.1) is 0 Å². The Balaban J connectivity index is 1.46. The van der Waals surface area contributed by atoms with Gasteiger partial charge in [-0.05, 0) is 42.7 Å². The molecular weight excluding hydrogens is 234 g/mol. The minimum absolute atomic E-state index is 0.452. The zero-order valence-corrected chi connectivity index (χ0v) is 11.7. The van der Waals surface area contributed by atoms with Crippen LogP contribution in [0.3, 0.4) is 0 Å². The van der Waals surface area contributed by atoms with Crippen LogP contribution in [0.15, 0.2) is 24.3 Å². The van der Waals surface area contributed by atoms with E-state index in [1.807, 2.05) is 0 Å². The van der Waals surface area contributed by atoms with Crippen LogP contribution in [0.2, 0.25) is 0 Å². The number of benzene rings is 1. The Morgan fingerprint density at radius 2 is 1.74 bits per heavy atom. The minimum Gasteiger partial charge on any atom is -0.389 e. The van der Waals surface area contributed by atoms with E-state index in [0.717, 1.165) is 31.8 Å². The van der Waals surface area contributed by atoms with E-state index < -0.39 is 5.60 Å². The maximum Gasteiger partial charge on any atom is 0.0771 e. The molecule has 0 amide bonds.